The number of anilines is 2. The summed E-state index contributed by atoms with van der Waals surface area (Å²) in [4.78, 5) is 12.3. The smallest absolute Gasteiger partial charge is 0.150 e. The quantitative estimate of drug-likeness (QED) is 0.773. The normalized spacial score (nSPS) is 10.2. The number of benzene rings is 2. The molecule has 2 nitrogen and oxygen atoms in total. The van der Waals surface area contributed by atoms with Crippen molar-refractivity contribution in [2.45, 2.75) is 0 Å². The molecular weight excluding hydrogens is 236 g/mol. The van der Waals surface area contributed by atoms with Crippen LogP contribution in [0.1, 0.15) is 10.4 Å². The van der Waals surface area contributed by atoms with E-state index in [0.29, 0.717) is 17.7 Å². The average Bonchev–Trinajstić information content (AvgIpc) is 2.37. The van der Waals surface area contributed by atoms with E-state index in [1.807, 2.05) is 0 Å². The van der Waals surface area contributed by atoms with Gasteiger partial charge in [-0.05, 0) is 36.4 Å². The maximum absolute atomic E-state index is 13.3. The molecule has 0 spiro atoms. The molecule has 0 amide bonds. The third-order valence-corrected chi connectivity index (χ3v) is 2.62. The molecule has 2 aromatic carbocycles. The van der Waals surface area contributed by atoms with Gasteiger partial charge in [0, 0.05) is 24.0 Å². The summed E-state index contributed by atoms with van der Waals surface area (Å²) in [5.41, 5.74) is 1.31. The van der Waals surface area contributed by atoms with E-state index < -0.39 is 5.82 Å². The van der Waals surface area contributed by atoms with Crippen LogP contribution in [0.3, 0.4) is 0 Å². The first-order valence-electron chi connectivity index (χ1n) is 5.35. The minimum Gasteiger partial charge on any atom is -0.344 e. The van der Waals surface area contributed by atoms with Gasteiger partial charge in [-0.2, -0.15) is 0 Å². The molecule has 0 saturated carbocycles. The van der Waals surface area contributed by atoms with Crippen LogP contribution in [0.15, 0.2) is 42.5 Å². The standard InChI is InChI=1S/C14H11F2NO/c1-17(13-4-2-3-11(15)7-13)14-6-10(9-18)5-12(16)8-14/h2-9H,1H3. The highest BCUT2D eigenvalue weighted by Gasteiger charge is 2.07. The van der Waals surface area contributed by atoms with Crippen LogP contribution in [0.2, 0.25) is 0 Å². The largest absolute Gasteiger partial charge is 0.344 e. The lowest BCUT2D eigenvalue weighted by molar-refractivity contribution is 0.112. The molecule has 2 rings (SSSR count). The van der Waals surface area contributed by atoms with Crippen molar-refractivity contribution >= 4 is 17.7 Å². The fraction of sp³-hybridized carbons (Fsp3) is 0.0714. The Morgan fingerprint density at radius 1 is 1.00 bits per heavy atom. The Morgan fingerprint density at radius 2 is 1.72 bits per heavy atom. The van der Waals surface area contributed by atoms with Crippen LogP contribution in [-0.2, 0) is 0 Å². The Bertz CT molecular complexity index is 584. The van der Waals surface area contributed by atoms with Crippen LogP contribution in [0, 0.1) is 11.6 Å². The Morgan fingerprint density at radius 3 is 2.39 bits per heavy atom. The highest BCUT2D eigenvalue weighted by Crippen LogP contribution is 2.25. The first-order valence-corrected chi connectivity index (χ1v) is 5.35. The summed E-state index contributed by atoms with van der Waals surface area (Å²) >= 11 is 0. The summed E-state index contributed by atoms with van der Waals surface area (Å²) in [6, 6.07) is 9.93. The number of hydrogen-bond donors (Lipinski definition) is 0. The van der Waals surface area contributed by atoms with Crippen molar-refractivity contribution < 1.29 is 13.6 Å². The summed E-state index contributed by atoms with van der Waals surface area (Å²) in [5, 5.41) is 0. The lowest BCUT2D eigenvalue weighted by Crippen LogP contribution is -2.10. The van der Waals surface area contributed by atoms with Gasteiger partial charge in [0.2, 0.25) is 0 Å². The van der Waals surface area contributed by atoms with E-state index in [-0.39, 0.29) is 11.4 Å². The summed E-state index contributed by atoms with van der Waals surface area (Å²) in [6.07, 6.45) is 0.575. The van der Waals surface area contributed by atoms with Crippen molar-refractivity contribution in [2.24, 2.45) is 0 Å². The number of halogens is 2. The van der Waals surface area contributed by atoms with E-state index in [1.54, 1.807) is 30.1 Å². The van der Waals surface area contributed by atoms with Crippen molar-refractivity contribution in [3.05, 3.63) is 59.7 Å². The minimum atomic E-state index is -0.502. The van der Waals surface area contributed by atoms with Gasteiger partial charge in [-0.1, -0.05) is 6.07 Å². The van der Waals surface area contributed by atoms with E-state index >= 15 is 0 Å². The maximum Gasteiger partial charge on any atom is 0.150 e. The highest BCUT2D eigenvalue weighted by atomic mass is 19.1. The van der Waals surface area contributed by atoms with Crippen LogP contribution in [0.25, 0.3) is 0 Å². The van der Waals surface area contributed by atoms with Crippen molar-refractivity contribution in [2.75, 3.05) is 11.9 Å². The van der Waals surface area contributed by atoms with Gasteiger partial charge in [0.1, 0.15) is 17.9 Å². The Hall–Kier alpha value is -2.23. The SMILES string of the molecule is CN(c1cccc(F)c1)c1cc(F)cc(C=O)c1. The number of nitrogens with zero attached hydrogens (tertiary/aromatic N) is 1. The zero-order valence-corrected chi connectivity index (χ0v) is 9.73. The molecule has 0 aliphatic rings. The van der Waals surface area contributed by atoms with E-state index in [9.17, 15) is 13.6 Å². The molecule has 0 fully saturated rings. The first kappa shape index (κ1) is 12.2. The Kier molecular flexibility index (Phi) is 3.37. The number of aldehydes is 1. The topological polar surface area (TPSA) is 20.3 Å². The molecule has 0 unspecified atom stereocenters. The van der Waals surface area contributed by atoms with Crippen molar-refractivity contribution in [1.29, 1.82) is 0 Å². The lowest BCUT2D eigenvalue weighted by Gasteiger charge is -2.20. The number of carbonyl (C=O) groups excluding carboxylic acids is 1. The van der Waals surface area contributed by atoms with Crippen LogP contribution in [-0.4, -0.2) is 13.3 Å². The second-order valence-electron chi connectivity index (χ2n) is 3.90. The number of hydrogen-bond acceptors (Lipinski definition) is 2. The second-order valence-corrected chi connectivity index (χ2v) is 3.90. The molecule has 0 saturated heterocycles. The molecule has 0 bridgehead atoms. The van der Waals surface area contributed by atoms with Gasteiger partial charge < -0.3 is 4.90 Å². The molecule has 0 atom stereocenters. The third-order valence-electron chi connectivity index (χ3n) is 2.62. The van der Waals surface area contributed by atoms with Crippen LogP contribution >= 0.6 is 0 Å². The van der Waals surface area contributed by atoms with E-state index in [0.717, 1.165) is 6.07 Å². The van der Waals surface area contributed by atoms with Crippen LogP contribution in [0.4, 0.5) is 20.2 Å². The average molecular weight is 247 g/mol. The van der Waals surface area contributed by atoms with Crippen molar-refractivity contribution in [3.8, 4) is 0 Å². The fourth-order valence-electron chi connectivity index (χ4n) is 1.69. The van der Waals surface area contributed by atoms with Crippen molar-refractivity contribution in [3.63, 3.8) is 0 Å². The molecule has 0 radical (unpaired) electrons. The summed E-state index contributed by atoms with van der Waals surface area (Å²) in [6.45, 7) is 0. The minimum absolute atomic E-state index is 0.244. The zero-order valence-electron chi connectivity index (χ0n) is 9.73. The Balaban J connectivity index is 2.42. The molecule has 0 aliphatic carbocycles. The number of rotatable bonds is 3. The summed E-state index contributed by atoms with van der Waals surface area (Å²) < 4.78 is 26.4. The van der Waals surface area contributed by atoms with E-state index in [2.05, 4.69) is 0 Å². The van der Waals surface area contributed by atoms with Gasteiger partial charge in [0.05, 0.1) is 0 Å². The fourth-order valence-corrected chi connectivity index (χ4v) is 1.69. The molecule has 92 valence electrons. The lowest BCUT2D eigenvalue weighted by atomic mass is 10.2. The highest BCUT2D eigenvalue weighted by molar-refractivity contribution is 5.78. The van der Waals surface area contributed by atoms with Crippen LogP contribution < -0.4 is 4.90 Å². The number of carbonyl (C=O) groups is 1. The summed E-state index contributed by atoms with van der Waals surface area (Å²) in [7, 11) is 1.68. The molecule has 0 heterocycles. The third kappa shape index (κ3) is 2.53. The second kappa shape index (κ2) is 4.96. The predicted octanol–water partition coefficient (Wildman–Crippen LogP) is 3.55. The van der Waals surface area contributed by atoms with E-state index in [4.69, 9.17) is 0 Å². The molecule has 18 heavy (non-hydrogen) atoms. The molecule has 4 heteroatoms. The van der Waals surface area contributed by atoms with Gasteiger partial charge in [-0.3, -0.25) is 4.79 Å². The Labute approximate surface area is 103 Å². The van der Waals surface area contributed by atoms with Gasteiger partial charge in [0.15, 0.2) is 0 Å². The summed E-state index contributed by atoms with van der Waals surface area (Å²) in [5.74, 6) is -0.871. The monoisotopic (exact) mass is 247 g/mol. The van der Waals surface area contributed by atoms with Crippen molar-refractivity contribution in [1.82, 2.24) is 0 Å². The maximum atomic E-state index is 13.3. The molecular formula is C14H11F2NO. The zero-order chi connectivity index (χ0) is 13.1. The molecule has 0 aromatic heterocycles. The predicted molar refractivity (Wildman–Crippen MR) is 66.3 cm³/mol. The molecule has 2 aromatic rings. The van der Waals surface area contributed by atoms with Gasteiger partial charge >= 0.3 is 0 Å². The van der Waals surface area contributed by atoms with Crippen LogP contribution in [0.5, 0.6) is 0 Å². The first-order chi connectivity index (χ1) is 8.60. The van der Waals surface area contributed by atoms with E-state index in [1.165, 1.54) is 18.2 Å². The van der Waals surface area contributed by atoms with Gasteiger partial charge in [-0.25, -0.2) is 8.78 Å². The molecule has 0 N–H and O–H groups in total. The van der Waals surface area contributed by atoms with Gasteiger partial charge in [-0.15, -0.1) is 0 Å². The molecule has 0 aliphatic heterocycles. The van der Waals surface area contributed by atoms with Gasteiger partial charge in [0.25, 0.3) is 0 Å².